The first kappa shape index (κ1) is 27.7. The van der Waals surface area contributed by atoms with Gasteiger partial charge in [-0.15, -0.1) is 0 Å². The molecule has 1 aliphatic heterocycles. The molecule has 0 spiro atoms. The fraction of sp³-hybridized carbons (Fsp3) is 0.367. The summed E-state index contributed by atoms with van der Waals surface area (Å²) < 4.78 is 34.4. The molecule has 4 rings (SSSR count). The fourth-order valence-corrected chi connectivity index (χ4v) is 6.46. The lowest BCUT2D eigenvalue weighted by Crippen LogP contribution is -2.52. The van der Waals surface area contributed by atoms with Gasteiger partial charge in [0.2, 0.25) is 15.9 Å². The average molecular weight is 536 g/mol. The Labute approximate surface area is 226 Å². The van der Waals surface area contributed by atoms with Gasteiger partial charge in [0.15, 0.2) is 0 Å². The van der Waals surface area contributed by atoms with Crippen molar-refractivity contribution in [1.29, 1.82) is 0 Å². The third-order valence-corrected chi connectivity index (χ3v) is 9.16. The summed E-state index contributed by atoms with van der Waals surface area (Å²) >= 11 is 0. The monoisotopic (exact) mass is 535 g/mol. The molecule has 0 aliphatic carbocycles. The lowest BCUT2D eigenvalue weighted by molar-refractivity contribution is -0.131. The summed E-state index contributed by atoms with van der Waals surface area (Å²) in [4.78, 5) is 17.6. The van der Waals surface area contributed by atoms with Gasteiger partial charge in [-0.1, -0.05) is 48.5 Å². The summed E-state index contributed by atoms with van der Waals surface area (Å²) in [6.07, 6.45) is 0.502. The van der Waals surface area contributed by atoms with E-state index in [2.05, 4.69) is 36.9 Å². The topological polar surface area (TPSA) is 70.2 Å². The van der Waals surface area contributed by atoms with Crippen molar-refractivity contribution < 1.29 is 17.9 Å². The number of amides is 1. The number of hydrogen-bond donors (Lipinski definition) is 0. The number of piperazine rings is 1. The molecule has 1 aliphatic rings. The van der Waals surface area contributed by atoms with Crippen molar-refractivity contribution in [3.63, 3.8) is 0 Å². The van der Waals surface area contributed by atoms with E-state index in [0.717, 1.165) is 11.1 Å². The van der Waals surface area contributed by atoms with Crippen LogP contribution in [0, 0.1) is 20.8 Å². The first-order valence-electron chi connectivity index (χ1n) is 13.0. The van der Waals surface area contributed by atoms with Crippen LogP contribution < -0.4 is 9.64 Å². The van der Waals surface area contributed by atoms with E-state index < -0.39 is 10.0 Å². The maximum absolute atomic E-state index is 13.9. The Morgan fingerprint density at radius 1 is 0.921 bits per heavy atom. The molecule has 0 unspecified atom stereocenters. The standard InChI is InChI=1S/C30H37N3O4S/c1-23-13-14-28(37-4)29(21-23)38(35,36)33(16-15-26-10-6-5-7-11-26)22-30(34)32-19-17-31(18-20-32)27-12-8-9-24(2)25(27)3/h5-14,21H,15-20,22H2,1-4H3. The number of methoxy groups -OCH3 is 1. The lowest BCUT2D eigenvalue weighted by atomic mass is 10.1. The highest BCUT2D eigenvalue weighted by Crippen LogP contribution is 2.28. The third kappa shape index (κ3) is 6.19. The van der Waals surface area contributed by atoms with E-state index in [1.807, 2.05) is 43.3 Å². The maximum atomic E-state index is 13.9. The predicted octanol–water partition coefficient (Wildman–Crippen LogP) is 4.20. The molecule has 0 atom stereocenters. The van der Waals surface area contributed by atoms with Crippen molar-refractivity contribution in [3.05, 3.63) is 89.0 Å². The quantitative estimate of drug-likeness (QED) is 0.411. The van der Waals surface area contributed by atoms with Crippen molar-refractivity contribution in [1.82, 2.24) is 9.21 Å². The van der Waals surface area contributed by atoms with Crippen LogP contribution in [0.2, 0.25) is 0 Å². The van der Waals surface area contributed by atoms with Crippen LogP contribution in [0.5, 0.6) is 5.75 Å². The van der Waals surface area contributed by atoms with Gasteiger partial charge in [0, 0.05) is 38.4 Å². The van der Waals surface area contributed by atoms with Gasteiger partial charge in [-0.05, 0) is 67.6 Å². The van der Waals surface area contributed by atoms with Crippen LogP contribution in [0.25, 0.3) is 0 Å². The predicted molar refractivity (Wildman–Crippen MR) is 151 cm³/mol. The van der Waals surface area contributed by atoms with Crippen LogP contribution in [0.3, 0.4) is 0 Å². The Morgan fingerprint density at radius 3 is 2.32 bits per heavy atom. The van der Waals surface area contributed by atoms with Gasteiger partial charge >= 0.3 is 0 Å². The van der Waals surface area contributed by atoms with E-state index in [9.17, 15) is 13.2 Å². The van der Waals surface area contributed by atoms with Crippen LogP contribution in [-0.2, 0) is 21.2 Å². The molecule has 1 fully saturated rings. The highest BCUT2D eigenvalue weighted by molar-refractivity contribution is 7.89. The van der Waals surface area contributed by atoms with Crippen molar-refractivity contribution in [2.45, 2.75) is 32.1 Å². The zero-order valence-corrected chi connectivity index (χ0v) is 23.5. The Balaban J connectivity index is 1.52. The summed E-state index contributed by atoms with van der Waals surface area (Å²) in [5, 5.41) is 0. The summed E-state index contributed by atoms with van der Waals surface area (Å²) in [6, 6.07) is 21.1. The number of benzene rings is 3. The Kier molecular flexibility index (Phi) is 8.74. The first-order chi connectivity index (χ1) is 18.2. The summed E-state index contributed by atoms with van der Waals surface area (Å²) in [5.41, 5.74) is 5.50. The van der Waals surface area contributed by atoms with E-state index in [1.165, 1.54) is 28.2 Å². The molecule has 38 heavy (non-hydrogen) atoms. The molecule has 0 saturated carbocycles. The van der Waals surface area contributed by atoms with Gasteiger partial charge in [-0.25, -0.2) is 8.42 Å². The Morgan fingerprint density at radius 2 is 1.63 bits per heavy atom. The fourth-order valence-electron chi connectivity index (χ4n) is 4.83. The van der Waals surface area contributed by atoms with E-state index in [0.29, 0.717) is 32.6 Å². The molecule has 1 saturated heterocycles. The highest BCUT2D eigenvalue weighted by atomic mass is 32.2. The van der Waals surface area contributed by atoms with Crippen molar-refractivity contribution in [2.24, 2.45) is 0 Å². The summed E-state index contributed by atoms with van der Waals surface area (Å²) in [7, 11) is -2.53. The molecule has 7 nitrogen and oxygen atoms in total. The number of ether oxygens (including phenoxy) is 1. The van der Waals surface area contributed by atoms with Gasteiger partial charge in [0.05, 0.1) is 13.7 Å². The van der Waals surface area contributed by atoms with E-state index in [4.69, 9.17) is 4.74 Å². The molecule has 0 bridgehead atoms. The zero-order valence-electron chi connectivity index (χ0n) is 22.7. The summed E-state index contributed by atoms with van der Waals surface area (Å²) in [5.74, 6) is 0.0868. The molecule has 0 N–H and O–H groups in total. The number of anilines is 1. The number of aryl methyl sites for hydroxylation is 2. The summed E-state index contributed by atoms with van der Waals surface area (Å²) in [6.45, 7) is 8.56. The van der Waals surface area contributed by atoms with Crippen LogP contribution in [0.4, 0.5) is 5.69 Å². The second kappa shape index (κ2) is 12.0. The normalized spacial score (nSPS) is 14.1. The number of rotatable bonds is 9. The SMILES string of the molecule is COc1ccc(C)cc1S(=O)(=O)N(CCc1ccccc1)CC(=O)N1CCN(c2cccc(C)c2C)CC1. The van der Waals surface area contributed by atoms with E-state index >= 15 is 0 Å². The van der Waals surface area contributed by atoms with Crippen molar-refractivity contribution >= 4 is 21.6 Å². The minimum atomic E-state index is -3.98. The smallest absolute Gasteiger partial charge is 0.247 e. The van der Waals surface area contributed by atoms with Crippen molar-refractivity contribution in [2.75, 3.05) is 51.3 Å². The Bertz CT molecular complexity index is 1370. The van der Waals surface area contributed by atoms with Crippen LogP contribution in [-0.4, -0.2) is 69.9 Å². The maximum Gasteiger partial charge on any atom is 0.247 e. The van der Waals surface area contributed by atoms with Gasteiger partial charge < -0.3 is 14.5 Å². The minimum absolute atomic E-state index is 0.0839. The number of carbonyl (C=O) groups is 1. The van der Waals surface area contributed by atoms with Gasteiger partial charge in [-0.3, -0.25) is 4.79 Å². The molecule has 3 aromatic carbocycles. The van der Waals surface area contributed by atoms with Gasteiger partial charge in [0.1, 0.15) is 10.6 Å². The van der Waals surface area contributed by atoms with E-state index in [-0.39, 0.29) is 29.6 Å². The number of nitrogens with zero attached hydrogens (tertiary/aromatic N) is 3. The molecular formula is C30H37N3O4S. The highest BCUT2D eigenvalue weighted by Gasteiger charge is 2.32. The van der Waals surface area contributed by atoms with Crippen molar-refractivity contribution in [3.8, 4) is 5.75 Å². The number of sulfonamides is 1. The first-order valence-corrected chi connectivity index (χ1v) is 14.4. The van der Waals surface area contributed by atoms with Crippen LogP contribution >= 0.6 is 0 Å². The third-order valence-electron chi connectivity index (χ3n) is 7.29. The largest absolute Gasteiger partial charge is 0.495 e. The molecule has 1 heterocycles. The van der Waals surface area contributed by atoms with Crippen LogP contribution in [0.1, 0.15) is 22.3 Å². The lowest BCUT2D eigenvalue weighted by Gasteiger charge is -2.37. The second-order valence-corrected chi connectivity index (χ2v) is 11.7. The zero-order chi connectivity index (χ0) is 27.3. The second-order valence-electron chi connectivity index (χ2n) is 9.82. The molecule has 3 aromatic rings. The molecular weight excluding hydrogens is 498 g/mol. The average Bonchev–Trinajstić information content (AvgIpc) is 2.93. The molecule has 0 radical (unpaired) electrons. The van der Waals surface area contributed by atoms with Gasteiger partial charge in [0.25, 0.3) is 0 Å². The molecule has 0 aromatic heterocycles. The molecule has 8 heteroatoms. The molecule has 1 amide bonds. The van der Waals surface area contributed by atoms with Crippen LogP contribution in [0.15, 0.2) is 71.6 Å². The number of carbonyl (C=O) groups excluding carboxylic acids is 1. The van der Waals surface area contributed by atoms with E-state index in [1.54, 1.807) is 17.0 Å². The Hall–Kier alpha value is -3.36. The number of hydrogen-bond acceptors (Lipinski definition) is 5. The van der Waals surface area contributed by atoms with Gasteiger partial charge in [-0.2, -0.15) is 4.31 Å². The minimum Gasteiger partial charge on any atom is -0.495 e. The molecule has 202 valence electrons.